The molecule has 0 bridgehead atoms. The Balaban J connectivity index is 1.74. The molecule has 4 heterocycles. The number of nitrogens with zero attached hydrogens (tertiary/aromatic N) is 2. The summed E-state index contributed by atoms with van der Waals surface area (Å²) in [5.74, 6) is -0.0824. The van der Waals surface area contributed by atoms with Crippen LogP contribution >= 0.6 is 0 Å². The number of benzene rings is 1. The van der Waals surface area contributed by atoms with Crippen LogP contribution in [-0.4, -0.2) is 38.9 Å². The highest BCUT2D eigenvalue weighted by Gasteiger charge is 2.45. The SMILES string of the molecule is CCc1c2c(nc3ccc(OCCO)cc13)-c1cc3c(c(=O)n1C2)COC(=O)[C@]3(O)CC. The van der Waals surface area contributed by atoms with Gasteiger partial charge >= 0.3 is 5.97 Å². The third-order valence-electron chi connectivity index (χ3n) is 6.49. The summed E-state index contributed by atoms with van der Waals surface area (Å²) in [4.78, 5) is 30.5. The maximum Gasteiger partial charge on any atom is 0.343 e. The zero-order valence-corrected chi connectivity index (χ0v) is 18.0. The number of ether oxygens (including phenoxy) is 2. The van der Waals surface area contributed by atoms with Gasteiger partial charge in [0.25, 0.3) is 5.56 Å². The van der Waals surface area contributed by atoms with E-state index in [9.17, 15) is 14.7 Å². The number of aliphatic hydroxyl groups excluding tert-OH is 1. The number of hydrogen-bond acceptors (Lipinski definition) is 7. The van der Waals surface area contributed by atoms with Crippen molar-refractivity contribution in [3.8, 4) is 17.1 Å². The van der Waals surface area contributed by atoms with Gasteiger partial charge in [0.05, 0.1) is 35.6 Å². The van der Waals surface area contributed by atoms with Gasteiger partial charge < -0.3 is 24.3 Å². The molecule has 0 aliphatic carbocycles. The van der Waals surface area contributed by atoms with E-state index in [4.69, 9.17) is 19.6 Å². The predicted molar refractivity (Wildman–Crippen MR) is 116 cm³/mol. The molecular formula is C24H24N2O6. The lowest BCUT2D eigenvalue weighted by atomic mass is 9.86. The van der Waals surface area contributed by atoms with Crippen LogP contribution in [0.15, 0.2) is 29.1 Å². The van der Waals surface area contributed by atoms with Gasteiger partial charge in [-0.25, -0.2) is 9.78 Å². The lowest BCUT2D eigenvalue weighted by molar-refractivity contribution is -0.172. The first-order chi connectivity index (χ1) is 15.4. The van der Waals surface area contributed by atoms with Crippen molar-refractivity contribution in [1.29, 1.82) is 0 Å². The summed E-state index contributed by atoms with van der Waals surface area (Å²) in [7, 11) is 0. The van der Waals surface area contributed by atoms with Crippen molar-refractivity contribution in [1.82, 2.24) is 9.55 Å². The molecule has 8 heteroatoms. The highest BCUT2D eigenvalue weighted by molar-refractivity contribution is 5.90. The van der Waals surface area contributed by atoms with Crippen LogP contribution in [0.4, 0.5) is 0 Å². The van der Waals surface area contributed by atoms with Crippen molar-refractivity contribution >= 4 is 16.9 Å². The van der Waals surface area contributed by atoms with E-state index in [1.165, 1.54) is 0 Å². The van der Waals surface area contributed by atoms with Crippen LogP contribution in [0.25, 0.3) is 22.3 Å². The number of cyclic esters (lactones) is 1. The summed E-state index contributed by atoms with van der Waals surface area (Å²) in [6.07, 6.45) is 0.838. The molecule has 0 spiro atoms. The fraction of sp³-hybridized carbons (Fsp3) is 0.375. The van der Waals surface area contributed by atoms with Crippen molar-refractivity contribution in [3.05, 3.63) is 56.9 Å². The molecule has 0 saturated heterocycles. The summed E-state index contributed by atoms with van der Waals surface area (Å²) >= 11 is 0. The number of carbonyl (C=O) groups excluding carboxylic acids is 1. The van der Waals surface area contributed by atoms with Gasteiger partial charge in [0.15, 0.2) is 5.60 Å². The molecule has 2 N–H and O–H groups in total. The summed E-state index contributed by atoms with van der Waals surface area (Å²) in [6, 6.07) is 7.30. The normalized spacial score (nSPS) is 18.8. The van der Waals surface area contributed by atoms with E-state index in [1.54, 1.807) is 23.6 Å². The molecule has 2 aliphatic heterocycles. The van der Waals surface area contributed by atoms with Crippen molar-refractivity contribution in [2.75, 3.05) is 13.2 Å². The fourth-order valence-corrected chi connectivity index (χ4v) is 4.80. The molecule has 0 amide bonds. The second-order valence-electron chi connectivity index (χ2n) is 8.13. The minimum atomic E-state index is -1.84. The monoisotopic (exact) mass is 436 g/mol. The molecule has 0 unspecified atom stereocenters. The number of esters is 1. The number of rotatable bonds is 5. The van der Waals surface area contributed by atoms with E-state index in [0.717, 1.165) is 28.5 Å². The third-order valence-corrected chi connectivity index (χ3v) is 6.49. The average Bonchev–Trinajstić information content (AvgIpc) is 3.17. The molecule has 0 saturated carbocycles. The molecule has 0 radical (unpaired) electrons. The summed E-state index contributed by atoms with van der Waals surface area (Å²) in [5.41, 5.74) is 2.59. The average molecular weight is 436 g/mol. The van der Waals surface area contributed by atoms with Gasteiger partial charge in [-0.05, 0) is 42.7 Å². The predicted octanol–water partition coefficient (Wildman–Crippen LogP) is 2.01. The maximum absolute atomic E-state index is 13.3. The van der Waals surface area contributed by atoms with Gasteiger partial charge in [0.2, 0.25) is 0 Å². The van der Waals surface area contributed by atoms with Gasteiger partial charge in [-0.3, -0.25) is 4.79 Å². The van der Waals surface area contributed by atoms with Crippen LogP contribution < -0.4 is 10.3 Å². The van der Waals surface area contributed by atoms with Gasteiger partial charge in [-0.2, -0.15) is 0 Å². The number of fused-ring (bicyclic) bond motifs is 5. The number of aliphatic hydroxyl groups is 2. The molecule has 2 aliphatic rings. The van der Waals surface area contributed by atoms with E-state index in [-0.39, 0.29) is 31.8 Å². The Kier molecular flexibility index (Phi) is 4.79. The van der Waals surface area contributed by atoms with Crippen molar-refractivity contribution in [3.63, 3.8) is 0 Å². The Hall–Kier alpha value is -3.23. The smallest absolute Gasteiger partial charge is 0.343 e. The topological polar surface area (TPSA) is 111 Å². The third kappa shape index (κ3) is 2.79. The lowest BCUT2D eigenvalue weighted by Crippen LogP contribution is -2.44. The summed E-state index contributed by atoms with van der Waals surface area (Å²) in [6.45, 7) is 4.10. The van der Waals surface area contributed by atoms with E-state index in [2.05, 4.69) is 6.92 Å². The van der Waals surface area contributed by atoms with Crippen molar-refractivity contribution in [2.24, 2.45) is 0 Å². The van der Waals surface area contributed by atoms with E-state index in [1.807, 2.05) is 12.1 Å². The van der Waals surface area contributed by atoms with Crippen LogP contribution in [0.3, 0.4) is 0 Å². The molecule has 1 atom stereocenters. The Bertz CT molecular complexity index is 1330. The Morgan fingerprint density at radius 3 is 2.75 bits per heavy atom. The molecule has 2 aromatic heterocycles. The first-order valence-corrected chi connectivity index (χ1v) is 10.8. The molecule has 166 valence electrons. The van der Waals surface area contributed by atoms with E-state index < -0.39 is 11.6 Å². The molecule has 8 nitrogen and oxygen atoms in total. The van der Waals surface area contributed by atoms with Crippen molar-refractivity contribution < 1.29 is 24.5 Å². The zero-order chi connectivity index (χ0) is 22.6. The van der Waals surface area contributed by atoms with Gasteiger partial charge in [0, 0.05) is 16.5 Å². The van der Waals surface area contributed by atoms with Crippen LogP contribution in [-0.2, 0) is 34.7 Å². The number of aryl methyl sites for hydroxylation is 1. The molecule has 32 heavy (non-hydrogen) atoms. The molecule has 5 rings (SSSR count). The first-order valence-electron chi connectivity index (χ1n) is 10.8. The standard InChI is InChI=1S/C24H24N2O6/c1-3-14-15-9-13(31-8-7-27)5-6-19(15)25-21-16(14)11-26-20(21)10-18-17(22(26)28)12-32-23(29)24(18,30)4-2/h5-6,9-10,27,30H,3-4,7-8,11-12H2,1-2H3/t24-/m0/s1. The summed E-state index contributed by atoms with van der Waals surface area (Å²) < 4.78 is 12.3. The summed E-state index contributed by atoms with van der Waals surface area (Å²) in [5, 5.41) is 21.0. The highest BCUT2D eigenvalue weighted by Crippen LogP contribution is 2.40. The Morgan fingerprint density at radius 2 is 2.03 bits per heavy atom. The van der Waals surface area contributed by atoms with Crippen molar-refractivity contribution in [2.45, 2.75) is 45.4 Å². The molecule has 1 aromatic carbocycles. The van der Waals surface area contributed by atoms with E-state index in [0.29, 0.717) is 34.8 Å². The first kappa shape index (κ1) is 20.7. The zero-order valence-electron chi connectivity index (χ0n) is 18.0. The quantitative estimate of drug-likeness (QED) is 0.461. The molecular weight excluding hydrogens is 412 g/mol. The highest BCUT2D eigenvalue weighted by atomic mass is 16.6. The Morgan fingerprint density at radius 1 is 1.22 bits per heavy atom. The largest absolute Gasteiger partial charge is 0.491 e. The van der Waals surface area contributed by atoms with Gasteiger partial charge in [0.1, 0.15) is 19.0 Å². The van der Waals surface area contributed by atoms with Crippen LogP contribution in [0.5, 0.6) is 5.75 Å². The van der Waals surface area contributed by atoms with Gasteiger partial charge in [-0.15, -0.1) is 0 Å². The lowest BCUT2D eigenvalue weighted by Gasteiger charge is -2.31. The van der Waals surface area contributed by atoms with Crippen LogP contribution in [0.1, 0.15) is 42.5 Å². The molecule has 0 fully saturated rings. The second-order valence-corrected chi connectivity index (χ2v) is 8.13. The van der Waals surface area contributed by atoms with E-state index >= 15 is 0 Å². The van der Waals surface area contributed by atoms with Crippen LogP contribution in [0, 0.1) is 0 Å². The fourth-order valence-electron chi connectivity index (χ4n) is 4.80. The number of pyridine rings is 2. The maximum atomic E-state index is 13.3. The number of hydrogen-bond donors (Lipinski definition) is 2. The minimum Gasteiger partial charge on any atom is -0.491 e. The number of carbonyl (C=O) groups is 1. The van der Waals surface area contributed by atoms with Crippen LogP contribution in [0.2, 0.25) is 0 Å². The Labute approximate surface area is 184 Å². The second kappa shape index (κ2) is 7.43. The number of aromatic nitrogens is 2. The minimum absolute atomic E-state index is 0.0691. The van der Waals surface area contributed by atoms with Gasteiger partial charge in [-0.1, -0.05) is 13.8 Å². The molecule has 3 aromatic rings.